The van der Waals surface area contributed by atoms with Crippen LogP contribution < -0.4 is 0 Å². The lowest BCUT2D eigenvalue weighted by atomic mass is 10.1. The molecule has 0 atom stereocenters. The van der Waals surface area contributed by atoms with Crippen molar-refractivity contribution in [2.24, 2.45) is 0 Å². The first-order valence-electron chi connectivity index (χ1n) is 5.77. The molecule has 0 fully saturated rings. The minimum absolute atomic E-state index is 0.462. The number of hydrogen-bond acceptors (Lipinski definition) is 3. The smallest absolute Gasteiger partial charge is 0.390 e. The fourth-order valence-corrected chi connectivity index (χ4v) is 2.93. The molecule has 1 aromatic rings. The van der Waals surface area contributed by atoms with Gasteiger partial charge in [0.2, 0.25) is 0 Å². The van der Waals surface area contributed by atoms with Crippen LogP contribution in [0.2, 0.25) is 6.04 Å². The Morgan fingerprint density at radius 1 is 1.11 bits per heavy atom. The maximum Gasteiger partial charge on any atom is 0.497 e. The number of unbranched alkanes of at least 4 members (excludes halogenated alkanes) is 1. The van der Waals surface area contributed by atoms with Gasteiger partial charge in [0.15, 0.2) is 11.6 Å². The SMILES string of the molecule is CO[Si](O)(CCCCc1ccc(F)c(F)c1)OC. The third-order valence-electron chi connectivity index (χ3n) is 2.83. The Labute approximate surface area is 107 Å². The fourth-order valence-electron chi connectivity index (χ4n) is 1.66. The van der Waals surface area contributed by atoms with Gasteiger partial charge in [-0.05, 0) is 37.0 Å². The lowest BCUT2D eigenvalue weighted by Crippen LogP contribution is -2.39. The highest BCUT2D eigenvalue weighted by molar-refractivity contribution is 6.59. The highest BCUT2D eigenvalue weighted by atomic mass is 28.4. The standard InChI is InChI=1S/C12H18F2O3Si/c1-16-18(15,17-2)8-4-3-5-10-6-7-11(13)12(14)9-10/h6-7,9,15H,3-5,8H2,1-2H3. The van der Waals surface area contributed by atoms with Gasteiger partial charge in [-0.1, -0.05) is 6.07 Å². The van der Waals surface area contributed by atoms with Gasteiger partial charge in [0, 0.05) is 20.3 Å². The Morgan fingerprint density at radius 2 is 1.78 bits per heavy atom. The van der Waals surface area contributed by atoms with E-state index in [9.17, 15) is 13.6 Å². The second-order valence-electron chi connectivity index (χ2n) is 4.08. The van der Waals surface area contributed by atoms with E-state index in [2.05, 4.69) is 0 Å². The van der Waals surface area contributed by atoms with Crippen LogP contribution in [0.25, 0.3) is 0 Å². The highest BCUT2D eigenvalue weighted by Crippen LogP contribution is 2.15. The number of halogens is 2. The summed E-state index contributed by atoms with van der Waals surface area (Å²) in [6.45, 7) is 0. The molecule has 0 unspecified atom stereocenters. The summed E-state index contributed by atoms with van der Waals surface area (Å²) < 4.78 is 35.5. The second-order valence-corrected chi connectivity index (χ2v) is 6.82. The molecular formula is C12H18F2O3Si. The van der Waals surface area contributed by atoms with E-state index in [0.29, 0.717) is 18.9 Å². The van der Waals surface area contributed by atoms with E-state index in [1.54, 1.807) is 6.07 Å². The first kappa shape index (κ1) is 15.2. The summed E-state index contributed by atoms with van der Waals surface area (Å²) in [7, 11) is -0.146. The molecule has 0 aliphatic carbocycles. The summed E-state index contributed by atoms with van der Waals surface area (Å²) in [4.78, 5) is 9.79. The maximum atomic E-state index is 12.9. The van der Waals surface area contributed by atoms with Gasteiger partial charge in [-0.25, -0.2) is 8.78 Å². The molecule has 0 heterocycles. The van der Waals surface area contributed by atoms with E-state index in [4.69, 9.17) is 8.85 Å². The molecule has 0 bridgehead atoms. The fraction of sp³-hybridized carbons (Fsp3) is 0.500. The number of rotatable bonds is 7. The van der Waals surface area contributed by atoms with Crippen molar-refractivity contribution in [3.8, 4) is 0 Å². The minimum atomic E-state index is -2.99. The topological polar surface area (TPSA) is 38.7 Å². The Balaban J connectivity index is 2.36. The van der Waals surface area contributed by atoms with Gasteiger partial charge in [0.05, 0.1) is 0 Å². The molecule has 102 valence electrons. The zero-order valence-electron chi connectivity index (χ0n) is 10.6. The van der Waals surface area contributed by atoms with E-state index in [-0.39, 0.29) is 0 Å². The Kier molecular flexibility index (Phi) is 5.87. The molecular weight excluding hydrogens is 258 g/mol. The highest BCUT2D eigenvalue weighted by Gasteiger charge is 2.33. The Bertz CT molecular complexity index is 384. The van der Waals surface area contributed by atoms with Gasteiger partial charge in [-0.3, -0.25) is 0 Å². The van der Waals surface area contributed by atoms with Crippen LogP contribution in [0.4, 0.5) is 8.78 Å². The van der Waals surface area contributed by atoms with E-state index < -0.39 is 20.4 Å². The summed E-state index contributed by atoms with van der Waals surface area (Å²) in [6.07, 6.45) is 2.10. The van der Waals surface area contributed by atoms with Gasteiger partial charge in [0.25, 0.3) is 0 Å². The molecule has 1 N–H and O–H groups in total. The van der Waals surface area contributed by atoms with Gasteiger partial charge < -0.3 is 13.6 Å². The zero-order valence-corrected chi connectivity index (χ0v) is 11.6. The lowest BCUT2D eigenvalue weighted by Gasteiger charge is -2.19. The first-order chi connectivity index (χ1) is 8.50. The van der Waals surface area contributed by atoms with Crippen LogP contribution in [-0.2, 0) is 15.3 Å². The lowest BCUT2D eigenvalue weighted by molar-refractivity contribution is 0.150. The summed E-state index contributed by atoms with van der Waals surface area (Å²) in [5.74, 6) is -1.66. The molecule has 0 saturated carbocycles. The third-order valence-corrected chi connectivity index (χ3v) is 5.09. The molecule has 0 spiro atoms. The van der Waals surface area contributed by atoms with Gasteiger partial charge >= 0.3 is 8.80 Å². The van der Waals surface area contributed by atoms with E-state index in [1.165, 1.54) is 20.3 Å². The third kappa shape index (κ3) is 4.45. The average molecular weight is 276 g/mol. The molecule has 0 aliphatic rings. The van der Waals surface area contributed by atoms with Gasteiger partial charge in [-0.2, -0.15) is 0 Å². The van der Waals surface area contributed by atoms with Gasteiger partial charge in [-0.15, -0.1) is 0 Å². The van der Waals surface area contributed by atoms with Crippen LogP contribution in [0.1, 0.15) is 18.4 Å². The summed E-state index contributed by atoms with van der Waals surface area (Å²) in [5, 5.41) is 0. The molecule has 0 aliphatic heterocycles. The van der Waals surface area contributed by atoms with Crippen molar-refractivity contribution in [1.82, 2.24) is 0 Å². The average Bonchev–Trinajstić information content (AvgIpc) is 2.38. The van der Waals surface area contributed by atoms with Crippen molar-refractivity contribution in [2.45, 2.75) is 25.3 Å². The van der Waals surface area contributed by atoms with Crippen molar-refractivity contribution in [3.05, 3.63) is 35.4 Å². The normalized spacial score (nSPS) is 11.8. The number of aryl methyl sites for hydroxylation is 1. The van der Waals surface area contributed by atoms with Gasteiger partial charge in [0.1, 0.15) is 0 Å². The van der Waals surface area contributed by atoms with E-state index in [0.717, 1.165) is 18.1 Å². The zero-order chi connectivity index (χ0) is 13.6. The van der Waals surface area contributed by atoms with E-state index in [1.807, 2.05) is 0 Å². The van der Waals surface area contributed by atoms with Crippen molar-refractivity contribution in [1.29, 1.82) is 0 Å². The summed E-state index contributed by atoms with van der Waals surface area (Å²) >= 11 is 0. The van der Waals surface area contributed by atoms with Crippen LogP contribution >= 0.6 is 0 Å². The summed E-state index contributed by atoms with van der Waals surface area (Å²) in [5.41, 5.74) is 0.744. The van der Waals surface area contributed by atoms with Crippen molar-refractivity contribution in [2.75, 3.05) is 14.2 Å². The molecule has 1 aromatic carbocycles. The predicted octanol–water partition coefficient (Wildman–Crippen LogP) is 2.51. The molecule has 0 aromatic heterocycles. The van der Waals surface area contributed by atoms with E-state index >= 15 is 0 Å². The van der Waals surface area contributed by atoms with Crippen LogP contribution in [0.5, 0.6) is 0 Å². The quantitative estimate of drug-likeness (QED) is 0.614. The maximum absolute atomic E-state index is 12.9. The molecule has 6 heteroatoms. The van der Waals surface area contributed by atoms with Crippen LogP contribution in [0.15, 0.2) is 18.2 Å². The number of hydrogen-bond donors (Lipinski definition) is 1. The first-order valence-corrected chi connectivity index (χ1v) is 7.74. The molecule has 0 radical (unpaired) electrons. The Hall–Kier alpha value is -0.823. The molecule has 0 amide bonds. The van der Waals surface area contributed by atoms with Crippen LogP contribution in [0.3, 0.4) is 0 Å². The molecule has 18 heavy (non-hydrogen) atoms. The predicted molar refractivity (Wildman–Crippen MR) is 66.1 cm³/mol. The van der Waals surface area contributed by atoms with Crippen molar-refractivity contribution in [3.63, 3.8) is 0 Å². The second kappa shape index (κ2) is 6.94. The largest absolute Gasteiger partial charge is 0.497 e. The number of benzene rings is 1. The van der Waals surface area contributed by atoms with Crippen molar-refractivity contribution < 1.29 is 22.4 Å². The molecule has 0 saturated heterocycles. The summed E-state index contributed by atoms with van der Waals surface area (Å²) in [6, 6.07) is 4.35. The van der Waals surface area contributed by atoms with Crippen molar-refractivity contribution >= 4 is 8.80 Å². The monoisotopic (exact) mass is 276 g/mol. The van der Waals surface area contributed by atoms with Crippen LogP contribution in [-0.4, -0.2) is 27.8 Å². The van der Waals surface area contributed by atoms with Crippen LogP contribution in [0, 0.1) is 11.6 Å². The molecule has 1 rings (SSSR count). The Morgan fingerprint density at radius 3 is 2.33 bits per heavy atom. The minimum Gasteiger partial charge on any atom is -0.390 e. The molecule has 3 nitrogen and oxygen atoms in total.